The molecule has 0 aliphatic heterocycles. The fraction of sp³-hybridized carbons (Fsp3) is 0.438. The number of rotatable bonds is 6. The molecule has 1 heterocycles. The van der Waals surface area contributed by atoms with Crippen LogP contribution in [-0.4, -0.2) is 11.5 Å². The largest absolute Gasteiger partial charge is 0.312 e. The lowest BCUT2D eigenvalue weighted by Crippen LogP contribution is -2.14. The topological polar surface area (TPSA) is 24.9 Å². The van der Waals surface area contributed by atoms with E-state index in [0.717, 1.165) is 34.7 Å². The van der Waals surface area contributed by atoms with Gasteiger partial charge < -0.3 is 5.32 Å². The number of nitrogens with zero attached hydrogens (tertiary/aromatic N) is 1. The maximum Gasteiger partial charge on any atom is 0.133 e. The Morgan fingerprint density at radius 1 is 1.38 bits per heavy atom. The van der Waals surface area contributed by atoms with Crippen molar-refractivity contribution >= 4 is 27.3 Å². The van der Waals surface area contributed by atoms with E-state index in [4.69, 9.17) is 0 Å². The first-order valence-electron chi connectivity index (χ1n) is 7.18. The molecular formula is C16H20BrFN2S. The van der Waals surface area contributed by atoms with Gasteiger partial charge in [-0.15, -0.1) is 11.3 Å². The Morgan fingerprint density at radius 3 is 2.81 bits per heavy atom. The Kier molecular flexibility index (Phi) is 5.90. The minimum atomic E-state index is -0.227. The second-order valence-corrected chi connectivity index (χ2v) is 7.28. The highest BCUT2D eigenvalue weighted by atomic mass is 79.9. The summed E-state index contributed by atoms with van der Waals surface area (Å²) < 4.78 is 14.9. The Bertz CT molecular complexity index is 610. The summed E-state index contributed by atoms with van der Waals surface area (Å²) in [7, 11) is 0. The van der Waals surface area contributed by atoms with Crippen LogP contribution in [0.2, 0.25) is 0 Å². The zero-order valence-electron chi connectivity index (χ0n) is 12.5. The molecule has 2 nitrogen and oxygen atoms in total. The van der Waals surface area contributed by atoms with Gasteiger partial charge in [0.15, 0.2) is 0 Å². The van der Waals surface area contributed by atoms with Gasteiger partial charge in [0.1, 0.15) is 10.8 Å². The average Bonchev–Trinajstić information content (AvgIpc) is 2.86. The van der Waals surface area contributed by atoms with E-state index in [1.807, 2.05) is 0 Å². The average molecular weight is 371 g/mol. The molecule has 0 bridgehead atoms. The lowest BCUT2D eigenvalue weighted by Gasteiger charge is -2.05. The van der Waals surface area contributed by atoms with Crippen molar-refractivity contribution in [3.05, 3.63) is 39.1 Å². The smallest absolute Gasteiger partial charge is 0.133 e. The number of hydrogen-bond acceptors (Lipinski definition) is 3. The van der Waals surface area contributed by atoms with Crippen molar-refractivity contribution in [2.24, 2.45) is 0 Å². The molecule has 0 saturated carbocycles. The molecule has 114 valence electrons. The van der Waals surface area contributed by atoms with Crippen LogP contribution in [0.4, 0.5) is 4.39 Å². The molecule has 0 radical (unpaired) electrons. The SMILES string of the molecule is CCCNCc1sc(-c2cc(Br)ccc2F)nc1C(C)C. The standard InChI is InChI=1S/C16H20BrFN2S/c1-4-7-19-9-14-15(10(2)3)20-16(21-14)12-8-11(17)5-6-13(12)18/h5-6,8,10,19H,4,7,9H2,1-3H3. The summed E-state index contributed by atoms with van der Waals surface area (Å²) in [6.07, 6.45) is 1.10. The molecule has 5 heteroatoms. The third kappa shape index (κ3) is 4.11. The summed E-state index contributed by atoms with van der Waals surface area (Å²) >= 11 is 4.98. The van der Waals surface area contributed by atoms with Gasteiger partial charge in [0, 0.05) is 21.5 Å². The third-order valence-electron chi connectivity index (χ3n) is 3.15. The molecule has 0 aliphatic carbocycles. The zero-order chi connectivity index (χ0) is 15.4. The number of hydrogen-bond donors (Lipinski definition) is 1. The lowest BCUT2D eigenvalue weighted by molar-refractivity contribution is 0.630. The maximum absolute atomic E-state index is 14.0. The van der Waals surface area contributed by atoms with Crippen LogP contribution in [0.15, 0.2) is 22.7 Å². The second-order valence-electron chi connectivity index (χ2n) is 5.28. The fourth-order valence-corrected chi connectivity index (χ4v) is 3.66. The highest BCUT2D eigenvalue weighted by Crippen LogP contribution is 2.34. The van der Waals surface area contributed by atoms with Crippen molar-refractivity contribution in [1.29, 1.82) is 0 Å². The monoisotopic (exact) mass is 370 g/mol. The molecule has 1 N–H and O–H groups in total. The number of benzene rings is 1. The Hall–Kier alpha value is -0.780. The maximum atomic E-state index is 14.0. The first-order chi connectivity index (χ1) is 10.0. The Morgan fingerprint density at radius 2 is 2.14 bits per heavy atom. The van der Waals surface area contributed by atoms with Crippen LogP contribution in [0.25, 0.3) is 10.6 Å². The second kappa shape index (κ2) is 7.47. The van der Waals surface area contributed by atoms with Gasteiger partial charge in [-0.2, -0.15) is 0 Å². The van der Waals surface area contributed by atoms with Crippen LogP contribution >= 0.6 is 27.3 Å². The van der Waals surface area contributed by atoms with E-state index >= 15 is 0 Å². The minimum absolute atomic E-state index is 0.227. The first-order valence-corrected chi connectivity index (χ1v) is 8.79. The lowest BCUT2D eigenvalue weighted by atomic mass is 10.1. The number of nitrogens with one attached hydrogen (secondary N) is 1. The normalized spacial score (nSPS) is 11.3. The van der Waals surface area contributed by atoms with E-state index in [9.17, 15) is 4.39 Å². The summed E-state index contributed by atoms with van der Waals surface area (Å²) in [5, 5.41) is 4.16. The van der Waals surface area contributed by atoms with Gasteiger partial charge in [0.2, 0.25) is 0 Å². The summed E-state index contributed by atoms with van der Waals surface area (Å²) in [5.41, 5.74) is 1.64. The Balaban J connectivity index is 2.36. The van der Waals surface area contributed by atoms with Crippen molar-refractivity contribution < 1.29 is 4.39 Å². The number of halogens is 2. The number of thiazole rings is 1. The molecule has 21 heavy (non-hydrogen) atoms. The van der Waals surface area contributed by atoms with Crippen LogP contribution in [0.3, 0.4) is 0 Å². The highest BCUT2D eigenvalue weighted by molar-refractivity contribution is 9.10. The third-order valence-corrected chi connectivity index (χ3v) is 4.74. The summed E-state index contributed by atoms with van der Waals surface area (Å²) in [6, 6.07) is 4.98. The summed E-state index contributed by atoms with van der Waals surface area (Å²) in [5.74, 6) is 0.110. The Labute approximate surface area is 137 Å². The molecule has 0 saturated heterocycles. The van der Waals surface area contributed by atoms with E-state index in [0.29, 0.717) is 11.5 Å². The summed E-state index contributed by atoms with van der Waals surface area (Å²) in [4.78, 5) is 5.88. The molecule has 2 rings (SSSR count). The van der Waals surface area contributed by atoms with E-state index in [-0.39, 0.29) is 5.82 Å². The van der Waals surface area contributed by atoms with Crippen molar-refractivity contribution in [1.82, 2.24) is 10.3 Å². The van der Waals surface area contributed by atoms with Gasteiger partial charge in [-0.1, -0.05) is 36.7 Å². The minimum Gasteiger partial charge on any atom is -0.312 e. The van der Waals surface area contributed by atoms with Crippen LogP contribution in [-0.2, 0) is 6.54 Å². The molecule has 0 fully saturated rings. The van der Waals surface area contributed by atoms with Gasteiger partial charge in [-0.25, -0.2) is 9.37 Å². The first kappa shape index (κ1) is 16.6. The number of aromatic nitrogens is 1. The molecule has 0 amide bonds. The van der Waals surface area contributed by atoms with E-state index < -0.39 is 0 Å². The van der Waals surface area contributed by atoms with Gasteiger partial charge in [-0.05, 0) is 37.1 Å². The molecule has 0 aliphatic rings. The van der Waals surface area contributed by atoms with Crippen LogP contribution < -0.4 is 5.32 Å². The molecule has 0 spiro atoms. The molecule has 1 aromatic heterocycles. The van der Waals surface area contributed by atoms with E-state index in [1.54, 1.807) is 23.5 Å². The van der Waals surface area contributed by atoms with Gasteiger partial charge in [0.25, 0.3) is 0 Å². The predicted molar refractivity (Wildman–Crippen MR) is 91.3 cm³/mol. The van der Waals surface area contributed by atoms with Gasteiger partial charge in [-0.3, -0.25) is 0 Å². The molecule has 2 aromatic rings. The van der Waals surface area contributed by atoms with E-state index in [1.165, 1.54) is 10.9 Å². The molecule has 1 aromatic carbocycles. The quantitative estimate of drug-likeness (QED) is 0.694. The molecular weight excluding hydrogens is 351 g/mol. The van der Waals surface area contributed by atoms with Crippen LogP contribution in [0, 0.1) is 5.82 Å². The van der Waals surface area contributed by atoms with Crippen molar-refractivity contribution in [2.45, 2.75) is 39.7 Å². The van der Waals surface area contributed by atoms with Crippen molar-refractivity contribution in [2.75, 3.05) is 6.54 Å². The molecule has 0 unspecified atom stereocenters. The van der Waals surface area contributed by atoms with Gasteiger partial charge in [0.05, 0.1) is 5.69 Å². The van der Waals surface area contributed by atoms with E-state index in [2.05, 4.69) is 47.0 Å². The van der Waals surface area contributed by atoms with Gasteiger partial charge >= 0.3 is 0 Å². The van der Waals surface area contributed by atoms with Crippen molar-refractivity contribution in [3.63, 3.8) is 0 Å². The molecule has 0 atom stereocenters. The van der Waals surface area contributed by atoms with Crippen LogP contribution in [0.5, 0.6) is 0 Å². The predicted octanol–water partition coefficient (Wildman–Crippen LogP) is 5.33. The van der Waals surface area contributed by atoms with Crippen LogP contribution in [0.1, 0.15) is 43.7 Å². The zero-order valence-corrected chi connectivity index (χ0v) is 14.9. The van der Waals surface area contributed by atoms with Crippen molar-refractivity contribution in [3.8, 4) is 10.6 Å². The highest BCUT2D eigenvalue weighted by Gasteiger charge is 2.17. The fourth-order valence-electron chi connectivity index (χ4n) is 2.10. The summed E-state index contributed by atoms with van der Waals surface area (Å²) in [6.45, 7) is 8.18.